The molecule has 0 bridgehead atoms. The molecule has 7 aromatic carbocycles. The Morgan fingerprint density at radius 2 is 1.05 bits per heavy atom. The second kappa shape index (κ2) is 16.5. The zero-order valence-electron chi connectivity index (χ0n) is 35.1. The summed E-state index contributed by atoms with van der Waals surface area (Å²) in [4.78, 5) is 5.30. The first-order valence-corrected chi connectivity index (χ1v) is 22.5. The van der Waals surface area contributed by atoms with Gasteiger partial charge in [0.2, 0.25) is 0 Å². The van der Waals surface area contributed by atoms with Gasteiger partial charge in [-0.05, 0) is 136 Å². The molecule has 2 heteroatoms. The van der Waals surface area contributed by atoms with E-state index in [4.69, 9.17) is 6.58 Å². The number of fused-ring (bicyclic) bond motifs is 8. The van der Waals surface area contributed by atoms with Gasteiger partial charge in [0.15, 0.2) is 0 Å². The van der Waals surface area contributed by atoms with Crippen LogP contribution in [0.15, 0.2) is 188 Å². The average molecular weight is 781 g/mol. The quantitative estimate of drug-likeness (QED) is 0.101. The summed E-state index contributed by atoms with van der Waals surface area (Å²) >= 11 is 0. The molecule has 60 heavy (non-hydrogen) atoms. The molecule has 0 aromatic heterocycles. The summed E-state index contributed by atoms with van der Waals surface area (Å²) in [5, 5.41) is 5.18. The second-order valence-electron chi connectivity index (χ2n) is 17.3. The minimum absolute atomic E-state index is 0.448. The summed E-state index contributed by atoms with van der Waals surface area (Å²) in [7, 11) is 0. The van der Waals surface area contributed by atoms with Crippen LogP contribution in [0.25, 0.3) is 32.7 Å². The predicted molar refractivity (Wildman–Crippen MR) is 257 cm³/mol. The molecular weight excluding hydrogens is 725 g/mol. The molecule has 0 spiro atoms. The van der Waals surface area contributed by atoms with Gasteiger partial charge in [-0.25, -0.2) is 0 Å². The Morgan fingerprint density at radius 3 is 1.65 bits per heavy atom. The molecule has 0 radical (unpaired) electrons. The van der Waals surface area contributed by atoms with Crippen LogP contribution in [0.1, 0.15) is 87.8 Å². The number of rotatable bonds is 10. The smallest absolute Gasteiger partial charge is 0.0714 e. The minimum atomic E-state index is -0.652. The van der Waals surface area contributed by atoms with Crippen molar-refractivity contribution in [3.63, 3.8) is 0 Å². The van der Waals surface area contributed by atoms with E-state index in [0.29, 0.717) is 12.1 Å². The first kappa shape index (κ1) is 38.1. The normalized spacial score (nSPS) is 18.3. The highest BCUT2D eigenvalue weighted by atomic mass is 15.2. The van der Waals surface area contributed by atoms with Crippen LogP contribution < -0.4 is 9.80 Å². The Bertz CT molecular complexity index is 2700. The lowest BCUT2D eigenvalue weighted by Gasteiger charge is -2.39. The van der Waals surface area contributed by atoms with Crippen LogP contribution in [0.3, 0.4) is 0 Å². The lowest BCUT2D eigenvalue weighted by molar-refractivity contribution is 0.436. The highest BCUT2D eigenvalue weighted by molar-refractivity contribution is 6.20. The summed E-state index contributed by atoms with van der Waals surface area (Å²) in [5.74, 6) is 0. The number of para-hydroxylation sites is 2. The average Bonchev–Trinajstić information content (AvgIpc) is 3.63. The molecule has 3 aliphatic carbocycles. The Balaban J connectivity index is 1.28. The molecule has 7 aromatic rings. The van der Waals surface area contributed by atoms with Crippen molar-refractivity contribution < 1.29 is 0 Å². The maximum Gasteiger partial charge on any atom is 0.0714 e. The van der Waals surface area contributed by atoms with Crippen molar-refractivity contribution in [2.24, 2.45) is 0 Å². The van der Waals surface area contributed by atoms with E-state index in [-0.39, 0.29) is 0 Å². The molecule has 0 saturated heterocycles. The second-order valence-corrected chi connectivity index (χ2v) is 17.3. The maximum absolute atomic E-state index is 5.07. The third-order valence-corrected chi connectivity index (χ3v) is 13.9. The molecule has 0 amide bonds. The van der Waals surface area contributed by atoms with Crippen molar-refractivity contribution in [2.45, 2.75) is 88.6 Å². The highest BCUT2D eigenvalue weighted by Crippen LogP contribution is 2.61. The van der Waals surface area contributed by atoms with Gasteiger partial charge in [0.25, 0.3) is 0 Å². The lowest BCUT2D eigenvalue weighted by atomic mass is 9.66. The molecule has 2 saturated carbocycles. The molecular formula is C58H56N2. The van der Waals surface area contributed by atoms with Gasteiger partial charge < -0.3 is 9.80 Å². The summed E-state index contributed by atoms with van der Waals surface area (Å²) in [6.45, 7) is 7.15. The minimum Gasteiger partial charge on any atom is -0.338 e. The van der Waals surface area contributed by atoms with E-state index in [2.05, 4.69) is 193 Å². The van der Waals surface area contributed by atoms with E-state index in [9.17, 15) is 0 Å². The first-order valence-electron chi connectivity index (χ1n) is 22.5. The van der Waals surface area contributed by atoms with Crippen LogP contribution >= 0.6 is 0 Å². The van der Waals surface area contributed by atoms with E-state index in [1.165, 1.54) is 136 Å². The van der Waals surface area contributed by atoms with Crippen molar-refractivity contribution in [1.82, 2.24) is 0 Å². The fraction of sp³-hybridized carbons (Fsp3) is 0.241. The van der Waals surface area contributed by atoms with E-state index in [1.54, 1.807) is 0 Å². The molecule has 0 aliphatic heterocycles. The largest absolute Gasteiger partial charge is 0.338 e. The van der Waals surface area contributed by atoms with Gasteiger partial charge in [-0.3, -0.25) is 0 Å². The molecule has 0 N–H and O–H groups in total. The third-order valence-electron chi connectivity index (χ3n) is 13.9. The van der Waals surface area contributed by atoms with Crippen molar-refractivity contribution >= 4 is 44.3 Å². The maximum atomic E-state index is 5.07. The van der Waals surface area contributed by atoms with Crippen LogP contribution in [0.4, 0.5) is 22.7 Å². The van der Waals surface area contributed by atoms with Gasteiger partial charge in [-0.2, -0.15) is 0 Å². The Kier molecular flexibility index (Phi) is 10.5. The number of nitrogens with zero attached hydrogens (tertiary/aromatic N) is 2. The molecule has 0 heterocycles. The molecule has 1 atom stereocenters. The number of hydrogen-bond donors (Lipinski definition) is 0. The molecule has 2 fully saturated rings. The molecule has 1 unspecified atom stereocenters. The molecule has 298 valence electrons. The fourth-order valence-corrected chi connectivity index (χ4v) is 11.3. The summed E-state index contributed by atoms with van der Waals surface area (Å²) in [6, 6.07) is 58.4. The zero-order chi connectivity index (χ0) is 40.5. The van der Waals surface area contributed by atoms with Crippen molar-refractivity contribution in [3.8, 4) is 11.1 Å². The first-order chi connectivity index (χ1) is 29.7. The number of hydrogen-bond acceptors (Lipinski definition) is 2. The molecule has 10 rings (SSSR count). The monoisotopic (exact) mass is 780 g/mol. The third kappa shape index (κ3) is 6.49. The van der Waals surface area contributed by atoms with E-state index < -0.39 is 5.41 Å². The molecule has 2 nitrogen and oxygen atoms in total. The highest BCUT2D eigenvalue weighted by Gasteiger charge is 2.48. The van der Waals surface area contributed by atoms with Gasteiger partial charge >= 0.3 is 0 Å². The summed E-state index contributed by atoms with van der Waals surface area (Å²) in [6.07, 6.45) is 21.3. The number of anilines is 4. The van der Waals surface area contributed by atoms with Crippen LogP contribution in [-0.4, -0.2) is 12.1 Å². The number of benzene rings is 7. The lowest BCUT2D eigenvalue weighted by Crippen LogP contribution is -2.34. The summed E-state index contributed by atoms with van der Waals surface area (Å²) < 4.78 is 0. The van der Waals surface area contributed by atoms with E-state index in [0.717, 1.165) is 5.57 Å². The van der Waals surface area contributed by atoms with Crippen LogP contribution in [0, 0.1) is 0 Å². The van der Waals surface area contributed by atoms with E-state index in [1.807, 2.05) is 0 Å². The zero-order valence-corrected chi connectivity index (χ0v) is 35.1. The van der Waals surface area contributed by atoms with E-state index >= 15 is 0 Å². The standard InChI is InChI=1S/C58H56N2/c1-3-4-10-23-42(2)58(43-24-11-5-12-25-43)55-41-49(60(46-30-17-8-18-31-46)47-32-19-9-20-33-47)37-39-53(55)56-51-35-22-21-34-50(51)54-40-48(36-38-52(54)57(56)58)59(44-26-13-6-14-27-44)45-28-15-7-16-29-45/h3-6,8,10-14,17-18,21-27,30-31,34-41,45,47H,2,7,9,15-16,19-20,28-29,32-33H2,1H3/b4-3-,23-10-. The van der Waals surface area contributed by atoms with Gasteiger partial charge in [0, 0.05) is 34.8 Å². The Labute approximate surface area is 357 Å². The Morgan fingerprint density at radius 1 is 0.517 bits per heavy atom. The van der Waals surface area contributed by atoms with Crippen molar-refractivity contribution in [1.29, 1.82) is 0 Å². The van der Waals surface area contributed by atoms with Gasteiger partial charge in [0.05, 0.1) is 5.41 Å². The fourth-order valence-electron chi connectivity index (χ4n) is 11.3. The van der Waals surface area contributed by atoms with Gasteiger partial charge in [-0.15, -0.1) is 0 Å². The summed E-state index contributed by atoms with van der Waals surface area (Å²) in [5.41, 5.74) is 12.0. The van der Waals surface area contributed by atoms with Crippen LogP contribution in [0.5, 0.6) is 0 Å². The van der Waals surface area contributed by atoms with Crippen molar-refractivity contribution in [3.05, 3.63) is 205 Å². The van der Waals surface area contributed by atoms with Gasteiger partial charge in [-0.1, -0.05) is 173 Å². The number of allylic oxidation sites excluding steroid dienone is 5. The van der Waals surface area contributed by atoms with Crippen LogP contribution in [0.2, 0.25) is 0 Å². The Hall–Kier alpha value is -6.12. The van der Waals surface area contributed by atoms with Crippen LogP contribution in [-0.2, 0) is 5.41 Å². The topological polar surface area (TPSA) is 6.48 Å². The molecule has 3 aliphatic rings. The predicted octanol–water partition coefficient (Wildman–Crippen LogP) is 15.9. The van der Waals surface area contributed by atoms with Crippen molar-refractivity contribution in [2.75, 3.05) is 9.80 Å². The SMILES string of the molecule is C=C(/C=C\C=C/C)C1(c2ccccc2)c2cc(N(c3ccccc3)C3CCCCC3)ccc2-c2c1c1ccc(N(c3ccccc3)C3CCCCC3)cc1c1ccccc21. The van der Waals surface area contributed by atoms with Gasteiger partial charge in [0.1, 0.15) is 0 Å².